The first-order valence-corrected chi connectivity index (χ1v) is 15.3. The molecule has 0 radical (unpaired) electrons. The summed E-state index contributed by atoms with van der Waals surface area (Å²) in [5.41, 5.74) is 0. The van der Waals surface area contributed by atoms with Crippen molar-refractivity contribution in [3.8, 4) is 0 Å². The highest BCUT2D eigenvalue weighted by Crippen LogP contribution is 2.13. The number of carbonyl (C=O) groups is 2. The highest BCUT2D eigenvalue weighted by molar-refractivity contribution is 5.69. The molecule has 9 nitrogen and oxygen atoms in total. The number of carbonyl (C=O) groups excluding carboxylic acids is 2. The molecule has 0 amide bonds. The molecular weight excluding hydrogens is 504 g/mol. The Morgan fingerprint density at radius 2 is 0.769 bits per heavy atom. The van der Waals surface area contributed by atoms with E-state index in [0.29, 0.717) is 72.5 Å². The zero-order valence-corrected chi connectivity index (χ0v) is 25.1. The minimum Gasteiger partial charge on any atom is -0.469 e. The van der Waals surface area contributed by atoms with Crippen LogP contribution in [0.15, 0.2) is 0 Å². The molecule has 0 heterocycles. The third-order valence-corrected chi connectivity index (χ3v) is 6.14. The zero-order valence-electron chi connectivity index (χ0n) is 25.1. The fourth-order valence-corrected chi connectivity index (χ4v) is 3.81. The fraction of sp³-hybridized carbons (Fsp3) is 0.933. The second-order valence-electron chi connectivity index (χ2n) is 9.60. The number of ether oxygens (including phenoxy) is 7. The maximum atomic E-state index is 11.8. The van der Waals surface area contributed by atoms with Crippen LogP contribution in [0.4, 0.5) is 0 Å². The Morgan fingerprint density at radius 1 is 0.410 bits per heavy atom. The molecule has 0 spiro atoms. The second-order valence-corrected chi connectivity index (χ2v) is 9.60. The molecule has 0 fully saturated rings. The average Bonchev–Trinajstić information content (AvgIpc) is 2.94. The fourth-order valence-electron chi connectivity index (χ4n) is 3.81. The monoisotopic (exact) mass is 562 g/mol. The molecule has 39 heavy (non-hydrogen) atoms. The quantitative estimate of drug-likeness (QED) is 0.0760. The van der Waals surface area contributed by atoms with Crippen molar-refractivity contribution in [3.05, 3.63) is 0 Å². The Bertz CT molecular complexity index is 517. The summed E-state index contributed by atoms with van der Waals surface area (Å²) in [7, 11) is 1.35. The Morgan fingerprint density at radius 3 is 1.18 bits per heavy atom. The van der Waals surface area contributed by atoms with Crippen LogP contribution in [0, 0.1) is 0 Å². The van der Waals surface area contributed by atoms with Crippen LogP contribution in [0.3, 0.4) is 0 Å². The van der Waals surface area contributed by atoms with Crippen LogP contribution in [0.25, 0.3) is 0 Å². The van der Waals surface area contributed by atoms with Crippen molar-refractivity contribution in [1.29, 1.82) is 0 Å². The Labute approximate surface area is 237 Å². The zero-order chi connectivity index (χ0) is 28.5. The van der Waals surface area contributed by atoms with Crippen LogP contribution in [0.1, 0.15) is 103 Å². The van der Waals surface area contributed by atoms with Crippen molar-refractivity contribution in [2.24, 2.45) is 0 Å². The molecule has 0 aromatic carbocycles. The molecule has 0 aliphatic rings. The molecule has 0 saturated carbocycles. The molecule has 232 valence electrons. The number of esters is 2. The van der Waals surface area contributed by atoms with Crippen LogP contribution in [0.5, 0.6) is 0 Å². The maximum Gasteiger partial charge on any atom is 0.307 e. The van der Waals surface area contributed by atoms with Gasteiger partial charge in [-0.05, 0) is 6.42 Å². The van der Waals surface area contributed by atoms with E-state index < -0.39 is 0 Å². The van der Waals surface area contributed by atoms with E-state index in [0.717, 1.165) is 12.8 Å². The van der Waals surface area contributed by atoms with Crippen LogP contribution in [0.2, 0.25) is 0 Å². The van der Waals surface area contributed by atoms with Crippen LogP contribution in [-0.2, 0) is 42.7 Å². The summed E-state index contributed by atoms with van der Waals surface area (Å²) in [6, 6.07) is 0. The number of hydrogen-bond donors (Lipinski definition) is 0. The van der Waals surface area contributed by atoms with Crippen molar-refractivity contribution >= 4 is 11.9 Å². The molecule has 0 bridgehead atoms. The molecule has 0 N–H and O–H groups in total. The maximum absolute atomic E-state index is 11.8. The van der Waals surface area contributed by atoms with Crippen LogP contribution < -0.4 is 0 Å². The standard InChI is InChI=1S/C30H58O9/c1-3-4-5-6-7-8-9-10-11-12-13-14-15-16-30(32)39-28-27-38-26-25-37-24-23-36-22-21-35-20-19-34-18-17-29(31)33-2/h3-28H2,1-2H3. The first-order valence-electron chi connectivity index (χ1n) is 15.3. The smallest absolute Gasteiger partial charge is 0.307 e. The van der Waals surface area contributed by atoms with Crippen molar-refractivity contribution in [2.45, 2.75) is 103 Å². The van der Waals surface area contributed by atoms with Gasteiger partial charge in [-0.1, -0.05) is 84.0 Å². The van der Waals surface area contributed by atoms with Gasteiger partial charge in [-0.15, -0.1) is 0 Å². The lowest BCUT2D eigenvalue weighted by atomic mass is 10.0. The summed E-state index contributed by atoms with van der Waals surface area (Å²) in [5.74, 6) is -0.417. The average molecular weight is 563 g/mol. The Kier molecular flexibility index (Phi) is 31.9. The minimum absolute atomic E-state index is 0.134. The molecule has 0 saturated heterocycles. The molecule has 0 aliphatic heterocycles. The molecule has 0 aliphatic carbocycles. The van der Waals surface area contributed by atoms with Gasteiger partial charge in [0.2, 0.25) is 0 Å². The summed E-state index contributed by atoms with van der Waals surface area (Å²) in [4.78, 5) is 22.7. The molecule has 0 aromatic heterocycles. The topological polar surface area (TPSA) is 98.8 Å². The van der Waals surface area contributed by atoms with Crippen molar-refractivity contribution < 1.29 is 42.7 Å². The highest BCUT2D eigenvalue weighted by atomic mass is 16.6. The van der Waals surface area contributed by atoms with E-state index in [1.54, 1.807) is 0 Å². The van der Waals surface area contributed by atoms with Crippen LogP contribution in [-0.4, -0.2) is 91.7 Å². The predicted octanol–water partition coefficient (Wildman–Crippen LogP) is 5.66. The van der Waals surface area contributed by atoms with Crippen molar-refractivity contribution in [2.75, 3.05) is 79.8 Å². The highest BCUT2D eigenvalue weighted by Gasteiger charge is 2.03. The molecule has 0 rings (SSSR count). The van der Waals surface area contributed by atoms with Gasteiger partial charge in [0.25, 0.3) is 0 Å². The Balaban J connectivity index is 3.16. The van der Waals surface area contributed by atoms with Gasteiger partial charge in [-0.2, -0.15) is 0 Å². The van der Waals surface area contributed by atoms with E-state index in [4.69, 9.17) is 28.4 Å². The van der Waals surface area contributed by atoms with Crippen molar-refractivity contribution in [3.63, 3.8) is 0 Å². The normalized spacial score (nSPS) is 11.1. The first-order chi connectivity index (χ1) is 19.2. The largest absolute Gasteiger partial charge is 0.469 e. The third kappa shape index (κ3) is 32.8. The van der Waals surface area contributed by atoms with Crippen LogP contribution >= 0.6 is 0 Å². The van der Waals surface area contributed by atoms with Gasteiger partial charge in [0.05, 0.1) is 79.6 Å². The van der Waals surface area contributed by atoms with Crippen molar-refractivity contribution in [1.82, 2.24) is 0 Å². The van der Waals surface area contributed by atoms with E-state index in [1.165, 1.54) is 77.7 Å². The lowest BCUT2D eigenvalue weighted by molar-refractivity contribution is -0.145. The second kappa shape index (κ2) is 32.9. The lowest BCUT2D eigenvalue weighted by Gasteiger charge is -2.08. The summed E-state index contributed by atoms with van der Waals surface area (Å²) in [6.07, 6.45) is 17.6. The molecular formula is C30H58O9. The molecule has 0 atom stereocenters. The lowest BCUT2D eigenvalue weighted by Crippen LogP contribution is -2.15. The molecule has 9 heteroatoms. The number of hydrogen-bond acceptors (Lipinski definition) is 9. The van der Waals surface area contributed by atoms with Gasteiger partial charge < -0.3 is 33.2 Å². The first kappa shape index (κ1) is 37.7. The predicted molar refractivity (Wildman–Crippen MR) is 152 cm³/mol. The number of rotatable bonds is 32. The van der Waals surface area contributed by atoms with Gasteiger partial charge in [-0.3, -0.25) is 9.59 Å². The molecule has 0 aromatic rings. The van der Waals surface area contributed by atoms with Gasteiger partial charge in [0, 0.05) is 6.42 Å². The van der Waals surface area contributed by atoms with Gasteiger partial charge in [0.15, 0.2) is 0 Å². The molecule has 0 unspecified atom stereocenters. The van der Waals surface area contributed by atoms with E-state index >= 15 is 0 Å². The summed E-state index contributed by atoms with van der Waals surface area (Å²) in [6.45, 7) is 6.98. The summed E-state index contributed by atoms with van der Waals surface area (Å²) in [5, 5.41) is 0. The van der Waals surface area contributed by atoms with Gasteiger partial charge in [-0.25, -0.2) is 0 Å². The van der Waals surface area contributed by atoms with E-state index in [9.17, 15) is 9.59 Å². The van der Waals surface area contributed by atoms with E-state index in [1.807, 2.05) is 0 Å². The van der Waals surface area contributed by atoms with E-state index in [2.05, 4.69) is 11.7 Å². The SMILES string of the molecule is CCCCCCCCCCCCCCCC(=O)OCCOCCOCCOCCOCCOCCC(=O)OC. The summed E-state index contributed by atoms with van der Waals surface area (Å²) >= 11 is 0. The van der Waals surface area contributed by atoms with Gasteiger partial charge in [0.1, 0.15) is 6.61 Å². The minimum atomic E-state index is -0.283. The van der Waals surface area contributed by atoms with E-state index in [-0.39, 0.29) is 25.0 Å². The number of unbranched alkanes of at least 4 members (excludes halogenated alkanes) is 12. The number of methoxy groups -OCH3 is 1. The van der Waals surface area contributed by atoms with Gasteiger partial charge >= 0.3 is 11.9 Å². The Hall–Kier alpha value is -1.26. The summed E-state index contributed by atoms with van der Waals surface area (Å²) < 4.78 is 36.6. The third-order valence-electron chi connectivity index (χ3n) is 6.14.